The van der Waals surface area contributed by atoms with Gasteiger partial charge in [0, 0.05) is 19.0 Å². The molecule has 0 aliphatic rings. The van der Waals surface area contributed by atoms with Gasteiger partial charge in [-0.25, -0.2) is 0 Å². The first-order chi connectivity index (χ1) is 8.84. The van der Waals surface area contributed by atoms with Crippen LogP contribution in [0.2, 0.25) is 0 Å². The minimum Gasteiger partial charge on any atom is -0.352 e. The van der Waals surface area contributed by atoms with Crippen LogP contribution in [-0.4, -0.2) is 19.5 Å². The van der Waals surface area contributed by atoms with E-state index in [2.05, 4.69) is 10.6 Å². The molecule has 1 aromatic carbocycles. The number of amides is 1. The van der Waals surface area contributed by atoms with E-state index in [1.165, 1.54) is 12.1 Å². The molecule has 2 N–H and O–H groups in total. The molecule has 0 heterocycles. The van der Waals surface area contributed by atoms with Crippen molar-refractivity contribution < 1.29 is 18.0 Å². The Hall–Kier alpha value is -1.56. The minimum atomic E-state index is -4.33. The first kappa shape index (κ1) is 15.5. The number of halogens is 3. The van der Waals surface area contributed by atoms with Crippen molar-refractivity contribution in [1.82, 2.24) is 10.6 Å². The number of carbonyl (C=O) groups excluding carboxylic acids is 1. The van der Waals surface area contributed by atoms with Gasteiger partial charge in [0.15, 0.2) is 0 Å². The number of benzene rings is 1. The maximum Gasteiger partial charge on any atom is 0.416 e. The fraction of sp³-hybridized carbons (Fsp3) is 0.462. The Morgan fingerprint density at radius 1 is 1.26 bits per heavy atom. The lowest BCUT2D eigenvalue weighted by atomic mass is 10.1. The predicted octanol–water partition coefficient (Wildman–Crippen LogP) is 2.18. The zero-order valence-electron chi connectivity index (χ0n) is 10.8. The van der Waals surface area contributed by atoms with Crippen LogP contribution in [0, 0.1) is 5.92 Å². The molecule has 6 heteroatoms. The van der Waals surface area contributed by atoms with Gasteiger partial charge >= 0.3 is 6.18 Å². The second kappa shape index (κ2) is 6.56. The van der Waals surface area contributed by atoms with Crippen molar-refractivity contribution in [3.05, 3.63) is 35.4 Å². The van der Waals surface area contributed by atoms with Crippen molar-refractivity contribution in [2.45, 2.75) is 19.6 Å². The Morgan fingerprint density at radius 2 is 1.84 bits per heavy atom. The molecule has 0 saturated carbocycles. The van der Waals surface area contributed by atoms with Crippen LogP contribution in [0.1, 0.15) is 18.1 Å². The highest BCUT2D eigenvalue weighted by Crippen LogP contribution is 2.28. The van der Waals surface area contributed by atoms with Crippen LogP contribution < -0.4 is 10.6 Å². The molecular weight excluding hydrogens is 257 g/mol. The van der Waals surface area contributed by atoms with Crippen LogP contribution in [0.5, 0.6) is 0 Å². The number of hydrogen-bond acceptors (Lipinski definition) is 2. The van der Waals surface area contributed by atoms with Crippen LogP contribution in [0.4, 0.5) is 13.2 Å². The summed E-state index contributed by atoms with van der Waals surface area (Å²) in [7, 11) is 1.75. The fourth-order valence-electron chi connectivity index (χ4n) is 1.57. The molecule has 1 aromatic rings. The van der Waals surface area contributed by atoms with E-state index in [0.717, 1.165) is 12.1 Å². The van der Waals surface area contributed by atoms with E-state index in [1.54, 1.807) is 14.0 Å². The quantitative estimate of drug-likeness (QED) is 0.864. The normalized spacial score (nSPS) is 13.1. The van der Waals surface area contributed by atoms with E-state index in [9.17, 15) is 18.0 Å². The van der Waals surface area contributed by atoms with E-state index in [4.69, 9.17) is 0 Å². The van der Waals surface area contributed by atoms with Crippen molar-refractivity contribution in [1.29, 1.82) is 0 Å². The second-order valence-corrected chi connectivity index (χ2v) is 4.37. The van der Waals surface area contributed by atoms with Crippen LogP contribution >= 0.6 is 0 Å². The number of nitrogens with one attached hydrogen (secondary N) is 2. The molecule has 3 nitrogen and oxygen atoms in total. The van der Waals surface area contributed by atoms with Crippen LogP contribution in [0.3, 0.4) is 0 Å². The molecule has 1 unspecified atom stereocenters. The Balaban J connectivity index is 2.53. The van der Waals surface area contributed by atoms with Gasteiger partial charge in [-0.1, -0.05) is 19.1 Å². The molecule has 1 rings (SSSR count). The zero-order valence-corrected chi connectivity index (χ0v) is 10.8. The highest BCUT2D eigenvalue weighted by atomic mass is 19.4. The molecule has 0 fully saturated rings. The van der Waals surface area contributed by atoms with Gasteiger partial charge < -0.3 is 10.6 Å². The van der Waals surface area contributed by atoms with Gasteiger partial charge in [-0.2, -0.15) is 13.2 Å². The summed E-state index contributed by atoms with van der Waals surface area (Å²) >= 11 is 0. The van der Waals surface area contributed by atoms with Gasteiger partial charge in [-0.3, -0.25) is 4.79 Å². The molecule has 1 amide bonds. The second-order valence-electron chi connectivity index (χ2n) is 4.37. The Kier molecular flexibility index (Phi) is 5.35. The molecule has 0 aromatic heterocycles. The summed E-state index contributed by atoms with van der Waals surface area (Å²) in [6, 6.07) is 4.76. The number of alkyl halides is 3. The maximum absolute atomic E-state index is 12.3. The first-order valence-electron chi connectivity index (χ1n) is 5.93. The van der Waals surface area contributed by atoms with Crippen molar-refractivity contribution in [2.24, 2.45) is 5.92 Å². The highest BCUT2D eigenvalue weighted by Gasteiger charge is 2.29. The molecule has 0 bridgehead atoms. The van der Waals surface area contributed by atoms with E-state index < -0.39 is 11.7 Å². The maximum atomic E-state index is 12.3. The van der Waals surface area contributed by atoms with Crippen molar-refractivity contribution in [3.63, 3.8) is 0 Å². The summed E-state index contributed by atoms with van der Waals surface area (Å²) in [4.78, 5) is 11.6. The third-order valence-corrected chi connectivity index (χ3v) is 2.71. The number of carbonyl (C=O) groups is 1. The largest absolute Gasteiger partial charge is 0.416 e. The van der Waals surface area contributed by atoms with Gasteiger partial charge in [0.1, 0.15) is 0 Å². The Bertz CT molecular complexity index is 415. The molecule has 0 aliphatic carbocycles. The molecule has 0 spiro atoms. The summed E-state index contributed by atoms with van der Waals surface area (Å²) in [5, 5.41) is 5.57. The predicted molar refractivity (Wildman–Crippen MR) is 66.4 cm³/mol. The average molecular weight is 274 g/mol. The van der Waals surface area contributed by atoms with Gasteiger partial charge in [0.2, 0.25) is 5.91 Å². The van der Waals surface area contributed by atoms with E-state index in [1.807, 2.05) is 0 Å². The standard InChI is InChI=1S/C13H17F3N2O/c1-9(7-17-2)12(19)18-8-10-3-5-11(6-4-10)13(14,15)16/h3-6,9,17H,7-8H2,1-2H3,(H,18,19). The lowest BCUT2D eigenvalue weighted by molar-refractivity contribution is -0.137. The monoisotopic (exact) mass is 274 g/mol. The Labute approximate surface area is 110 Å². The van der Waals surface area contributed by atoms with Gasteiger partial charge in [0.05, 0.1) is 5.56 Å². The van der Waals surface area contributed by atoms with Crippen LogP contribution in [0.25, 0.3) is 0 Å². The van der Waals surface area contributed by atoms with E-state index in [-0.39, 0.29) is 18.4 Å². The van der Waals surface area contributed by atoms with E-state index >= 15 is 0 Å². The smallest absolute Gasteiger partial charge is 0.352 e. The fourth-order valence-corrected chi connectivity index (χ4v) is 1.57. The number of rotatable bonds is 5. The lowest BCUT2D eigenvalue weighted by Gasteiger charge is -2.12. The van der Waals surface area contributed by atoms with Crippen molar-refractivity contribution >= 4 is 5.91 Å². The third kappa shape index (κ3) is 4.90. The van der Waals surface area contributed by atoms with Gasteiger partial charge in [0.25, 0.3) is 0 Å². The SMILES string of the molecule is CNCC(C)C(=O)NCc1ccc(C(F)(F)F)cc1. The molecule has 106 valence electrons. The minimum absolute atomic E-state index is 0.130. The molecule has 0 aliphatic heterocycles. The van der Waals surface area contributed by atoms with Gasteiger partial charge in [-0.05, 0) is 24.7 Å². The highest BCUT2D eigenvalue weighted by molar-refractivity contribution is 5.78. The summed E-state index contributed by atoms with van der Waals surface area (Å²) in [5.74, 6) is -0.311. The van der Waals surface area contributed by atoms with Crippen molar-refractivity contribution in [3.8, 4) is 0 Å². The molecular formula is C13H17F3N2O. The van der Waals surface area contributed by atoms with Gasteiger partial charge in [-0.15, -0.1) is 0 Å². The van der Waals surface area contributed by atoms with E-state index in [0.29, 0.717) is 12.1 Å². The van der Waals surface area contributed by atoms with Crippen LogP contribution in [-0.2, 0) is 17.5 Å². The Morgan fingerprint density at radius 3 is 2.32 bits per heavy atom. The number of hydrogen-bond donors (Lipinski definition) is 2. The zero-order chi connectivity index (χ0) is 14.5. The summed E-state index contributed by atoms with van der Waals surface area (Å²) in [5.41, 5.74) is -0.0517. The summed E-state index contributed by atoms with van der Waals surface area (Å²) in [6.07, 6.45) is -4.33. The topological polar surface area (TPSA) is 41.1 Å². The molecule has 19 heavy (non-hydrogen) atoms. The van der Waals surface area contributed by atoms with Crippen LogP contribution in [0.15, 0.2) is 24.3 Å². The first-order valence-corrected chi connectivity index (χ1v) is 5.93. The van der Waals surface area contributed by atoms with Crippen molar-refractivity contribution in [2.75, 3.05) is 13.6 Å². The summed E-state index contributed by atoms with van der Waals surface area (Å²) in [6.45, 7) is 2.56. The molecule has 0 radical (unpaired) electrons. The summed E-state index contributed by atoms with van der Waals surface area (Å²) < 4.78 is 37.0. The molecule has 0 saturated heterocycles. The molecule has 1 atom stereocenters. The third-order valence-electron chi connectivity index (χ3n) is 2.71. The lowest BCUT2D eigenvalue weighted by Crippen LogP contribution is -2.33. The average Bonchev–Trinajstić information content (AvgIpc) is 2.35.